The first-order chi connectivity index (χ1) is 15.2. The standard InChI is InChI=1S/C21H15F3N4O3S/c22-21(23,24)16-7-3-8-17(12-16)32(29,30)28-18-9-2-1-5-14(18)11-19-26-20(27-31-19)15-6-4-10-25-13-15/h1-10,12-13,28H,11H2. The largest absolute Gasteiger partial charge is 0.416 e. The smallest absolute Gasteiger partial charge is 0.339 e. The molecule has 32 heavy (non-hydrogen) atoms. The van der Waals surface area contributed by atoms with Gasteiger partial charge in [-0.2, -0.15) is 18.2 Å². The van der Waals surface area contributed by atoms with E-state index in [9.17, 15) is 21.6 Å². The number of nitrogens with zero attached hydrogens (tertiary/aromatic N) is 3. The van der Waals surface area contributed by atoms with Crippen LogP contribution < -0.4 is 4.72 Å². The molecule has 0 saturated carbocycles. The average Bonchev–Trinajstić information content (AvgIpc) is 3.24. The Morgan fingerprint density at radius 2 is 1.81 bits per heavy atom. The number of hydrogen-bond donors (Lipinski definition) is 1. The first-order valence-corrected chi connectivity index (χ1v) is 10.7. The molecule has 2 aromatic carbocycles. The third kappa shape index (κ3) is 4.78. The number of benzene rings is 2. The molecule has 0 saturated heterocycles. The molecule has 0 unspecified atom stereocenters. The van der Waals surface area contributed by atoms with E-state index in [-0.39, 0.29) is 18.0 Å². The van der Waals surface area contributed by atoms with E-state index in [1.807, 2.05) is 0 Å². The van der Waals surface area contributed by atoms with Gasteiger partial charge in [0.15, 0.2) is 0 Å². The van der Waals surface area contributed by atoms with Gasteiger partial charge in [0.1, 0.15) is 0 Å². The van der Waals surface area contributed by atoms with E-state index in [2.05, 4.69) is 19.8 Å². The highest BCUT2D eigenvalue weighted by Gasteiger charge is 2.31. The molecule has 0 aliphatic heterocycles. The van der Waals surface area contributed by atoms with Gasteiger partial charge in [0, 0.05) is 18.0 Å². The molecule has 1 N–H and O–H groups in total. The molecule has 0 radical (unpaired) electrons. The minimum atomic E-state index is -4.66. The average molecular weight is 460 g/mol. The number of anilines is 1. The van der Waals surface area contributed by atoms with Crippen molar-refractivity contribution in [3.8, 4) is 11.4 Å². The van der Waals surface area contributed by atoms with Gasteiger partial charge in [0.2, 0.25) is 11.7 Å². The van der Waals surface area contributed by atoms with E-state index in [1.54, 1.807) is 42.7 Å². The molecule has 0 amide bonds. The highest BCUT2D eigenvalue weighted by atomic mass is 32.2. The number of nitrogens with one attached hydrogen (secondary N) is 1. The number of sulfonamides is 1. The van der Waals surface area contributed by atoms with Crippen LogP contribution in [0.4, 0.5) is 18.9 Å². The second-order valence-corrected chi connectivity index (χ2v) is 8.40. The number of hydrogen-bond acceptors (Lipinski definition) is 6. The summed E-state index contributed by atoms with van der Waals surface area (Å²) in [4.78, 5) is 7.78. The summed E-state index contributed by atoms with van der Waals surface area (Å²) in [7, 11) is -4.27. The van der Waals surface area contributed by atoms with Crippen molar-refractivity contribution >= 4 is 15.7 Å². The molecule has 2 aromatic heterocycles. The Hall–Kier alpha value is -3.73. The van der Waals surface area contributed by atoms with Crippen LogP contribution in [0, 0.1) is 0 Å². The van der Waals surface area contributed by atoms with Crippen LogP contribution in [0.25, 0.3) is 11.4 Å². The number of halogens is 3. The Balaban J connectivity index is 1.59. The quantitative estimate of drug-likeness (QED) is 0.454. The Bertz CT molecular complexity index is 1340. The lowest BCUT2D eigenvalue weighted by Crippen LogP contribution is -2.15. The minimum absolute atomic E-state index is 0.106. The molecule has 4 aromatic rings. The van der Waals surface area contributed by atoms with Gasteiger partial charge < -0.3 is 4.52 Å². The number of rotatable bonds is 6. The van der Waals surface area contributed by atoms with Crippen molar-refractivity contribution in [2.45, 2.75) is 17.5 Å². The van der Waals surface area contributed by atoms with Crippen LogP contribution in [0.15, 0.2) is 82.5 Å². The number of para-hydroxylation sites is 1. The van der Waals surface area contributed by atoms with Crippen molar-refractivity contribution < 1.29 is 26.1 Å². The lowest BCUT2D eigenvalue weighted by molar-refractivity contribution is -0.137. The molecule has 11 heteroatoms. The number of alkyl halides is 3. The van der Waals surface area contributed by atoms with Crippen molar-refractivity contribution in [3.05, 3.63) is 90.1 Å². The van der Waals surface area contributed by atoms with Crippen LogP contribution in [0.2, 0.25) is 0 Å². The Morgan fingerprint density at radius 3 is 2.56 bits per heavy atom. The highest BCUT2D eigenvalue weighted by molar-refractivity contribution is 7.92. The van der Waals surface area contributed by atoms with Gasteiger partial charge in [-0.3, -0.25) is 9.71 Å². The lowest BCUT2D eigenvalue weighted by Gasteiger charge is -2.13. The predicted molar refractivity (Wildman–Crippen MR) is 109 cm³/mol. The van der Waals surface area contributed by atoms with Crippen LogP contribution >= 0.6 is 0 Å². The van der Waals surface area contributed by atoms with Crippen molar-refractivity contribution in [1.82, 2.24) is 15.1 Å². The zero-order valence-corrected chi connectivity index (χ0v) is 17.1. The summed E-state index contributed by atoms with van der Waals surface area (Å²) in [5, 5.41) is 3.90. The summed E-state index contributed by atoms with van der Waals surface area (Å²) in [6.07, 6.45) is -1.37. The second-order valence-electron chi connectivity index (χ2n) is 6.72. The van der Waals surface area contributed by atoms with E-state index in [0.717, 1.165) is 18.2 Å². The molecular formula is C21H15F3N4O3S. The van der Waals surface area contributed by atoms with Crippen LogP contribution in [0.3, 0.4) is 0 Å². The van der Waals surface area contributed by atoms with E-state index >= 15 is 0 Å². The lowest BCUT2D eigenvalue weighted by atomic mass is 10.1. The van der Waals surface area contributed by atoms with Gasteiger partial charge in [-0.05, 0) is 42.0 Å². The molecular weight excluding hydrogens is 445 g/mol. The predicted octanol–water partition coefficient (Wildman–Crippen LogP) is 4.54. The fourth-order valence-corrected chi connectivity index (χ4v) is 4.07. The fraction of sp³-hybridized carbons (Fsp3) is 0.0952. The third-order valence-corrected chi connectivity index (χ3v) is 5.83. The normalized spacial score (nSPS) is 12.0. The summed E-state index contributed by atoms with van der Waals surface area (Å²) >= 11 is 0. The maximum Gasteiger partial charge on any atom is 0.416 e. The molecule has 2 heterocycles. The fourth-order valence-electron chi connectivity index (χ4n) is 2.92. The molecule has 0 aliphatic rings. The van der Waals surface area contributed by atoms with Crippen molar-refractivity contribution in [2.75, 3.05) is 4.72 Å². The van der Waals surface area contributed by atoms with E-state index < -0.39 is 26.7 Å². The van der Waals surface area contributed by atoms with Gasteiger partial charge >= 0.3 is 6.18 Å². The molecule has 0 atom stereocenters. The first-order valence-electron chi connectivity index (χ1n) is 9.23. The van der Waals surface area contributed by atoms with Crippen molar-refractivity contribution in [2.24, 2.45) is 0 Å². The van der Waals surface area contributed by atoms with Crippen LogP contribution in [0.5, 0.6) is 0 Å². The number of aromatic nitrogens is 3. The summed E-state index contributed by atoms with van der Waals surface area (Å²) in [5.41, 5.74) is 0.291. The van der Waals surface area contributed by atoms with Gasteiger partial charge in [-0.15, -0.1) is 0 Å². The van der Waals surface area contributed by atoms with Crippen molar-refractivity contribution in [1.29, 1.82) is 0 Å². The Labute approximate surface area is 181 Å². The molecule has 0 spiro atoms. The van der Waals surface area contributed by atoms with Crippen LogP contribution in [0.1, 0.15) is 17.0 Å². The summed E-state index contributed by atoms with van der Waals surface area (Å²) in [6.45, 7) is 0. The van der Waals surface area contributed by atoms with Crippen molar-refractivity contribution in [3.63, 3.8) is 0 Å². The maximum atomic E-state index is 13.0. The van der Waals surface area contributed by atoms with E-state index in [4.69, 9.17) is 4.52 Å². The van der Waals surface area contributed by atoms with Gasteiger partial charge in [0.25, 0.3) is 10.0 Å². The molecule has 0 aliphatic carbocycles. The van der Waals surface area contributed by atoms with Gasteiger partial charge in [0.05, 0.1) is 22.6 Å². The molecule has 0 fully saturated rings. The topological polar surface area (TPSA) is 98.0 Å². The zero-order chi connectivity index (χ0) is 22.8. The first kappa shape index (κ1) is 21.5. The SMILES string of the molecule is O=S(=O)(Nc1ccccc1Cc1nc(-c2cccnc2)no1)c1cccc(C(F)(F)F)c1. The summed E-state index contributed by atoms with van der Waals surface area (Å²) < 4.78 is 72.0. The van der Waals surface area contributed by atoms with Crippen LogP contribution in [-0.4, -0.2) is 23.5 Å². The molecule has 164 valence electrons. The Kier molecular flexibility index (Phi) is 5.66. The summed E-state index contributed by atoms with van der Waals surface area (Å²) in [5.74, 6) is 0.560. The second kappa shape index (κ2) is 8.42. The van der Waals surface area contributed by atoms with E-state index in [0.29, 0.717) is 23.0 Å². The van der Waals surface area contributed by atoms with Crippen LogP contribution in [-0.2, 0) is 22.6 Å². The Morgan fingerprint density at radius 1 is 1.00 bits per heavy atom. The maximum absolute atomic E-state index is 13.0. The minimum Gasteiger partial charge on any atom is -0.339 e. The molecule has 0 bridgehead atoms. The number of pyridine rings is 1. The van der Waals surface area contributed by atoms with E-state index in [1.165, 1.54) is 6.07 Å². The summed E-state index contributed by atoms with van der Waals surface area (Å²) in [6, 6.07) is 13.5. The van der Waals surface area contributed by atoms with Gasteiger partial charge in [-0.1, -0.05) is 29.4 Å². The molecule has 4 rings (SSSR count). The monoisotopic (exact) mass is 460 g/mol. The highest BCUT2D eigenvalue weighted by Crippen LogP contribution is 2.31. The third-order valence-electron chi connectivity index (χ3n) is 4.46. The zero-order valence-electron chi connectivity index (χ0n) is 16.2. The van der Waals surface area contributed by atoms with Gasteiger partial charge in [-0.25, -0.2) is 8.42 Å². The molecule has 7 nitrogen and oxygen atoms in total.